The van der Waals surface area contributed by atoms with Crippen molar-refractivity contribution in [2.45, 2.75) is 32.4 Å². The number of rotatable bonds is 7. The number of hydrogen-bond donors (Lipinski definition) is 1. The van der Waals surface area contributed by atoms with E-state index in [0.29, 0.717) is 19.8 Å². The van der Waals surface area contributed by atoms with Crippen LogP contribution in [0.1, 0.15) is 35.7 Å². The summed E-state index contributed by atoms with van der Waals surface area (Å²) in [6, 6.07) is 3.48. The highest BCUT2D eigenvalue weighted by molar-refractivity contribution is 7.09. The number of aryl methyl sites for hydroxylation is 1. The lowest BCUT2D eigenvalue weighted by atomic mass is 10.1. The van der Waals surface area contributed by atoms with Crippen LogP contribution in [0.15, 0.2) is 29.9 Å². The molecule has 1 aliphatic heterocycles. The van der Waals surface area contributed by atoms with Crippen LogP contribution in [0.3, 0.4) is 0 Å². The summed E-state index contributed by atoms with van der Waals surface area (Å²) in [7, 11) is 0. The third-order valence-electron chi connectivity index (χ3n) is 4.17. The molecule has 0 radical (unpaired) electrons. The highest BCUT2D eigenvalue weighted by Gasteiger charge is 2.29. The summed E-state index contributed by atoms with van der Waals surface area (Å²) in [5.74, 6) is -0.0139. The SMILES string of the molecule is CCCc1nc(CNC(=O)[C@H](c2cccnc2)N2CCOCC2)cs1. The predicted molar refractivity (Wildman–Crippen MR) is 97.3 cm³/mol. The standard InChI is InChI=1S/C18H24N4O2S/c1-2-4-16-21-15(13-25-16)12-20-18(23)17(14-5-3-6-19-11-14)22-7-9-24-10-8-22/h3,5-6,11,13,17H,2,4,7-10,12H2,1H3,(H,20,23)/t17-/m0/s1. The van der Waals surface area contributed by atoms with E-state index in [-0.39, 0.29) is 11.9 Å². The van der Waals surface area contributed by atoms with Crippen LogP contribution in [0, 0.1) is 0 Å². The number of nitrogens with zero attached hydrogens (tertiary/aromatic N) is 3. The van der Waals surface area contributed by atoms with Gasteiger partial charge in [0.15, 0.2) is 0 Å². The van der Waals surface area contributed by atoms with Gasteiger partial charge in [-0.25, -0.2) is 4.98 Å². The Hall–Kier alpha value is -1.83. The predicted octanol–water partition coefficient (Wildman–Crippen LogP) is 2.18. The molecule has 3 rings (SSSR count). The number of carbonyl (C=O) groups excluding carboxylic acids is 1. The van der Waals surface area contributed by atoms with Crippen LogP contribution in [0.5, 0.6) is 0 Å². The van der Waals surface area contributed by atoms with Crippen LogP contribution >= 0.6 is 11.3 Å². The molecule has 1 aliphatic rings. The van der Waals surface area contributed by atoms with E-state index in [1.165, 1.54) is 0 Å². The average Bonchev–Trinajstić information content (AvgIpc) is 3.10. The number of amides is 1. The van der Waals surface area contributed by atoms with E-state index in [9.17, 15) is 4.79 Å². The first-order valence-corrected chi connectivity index (χ1v) is 9.58. The molecule has 6 nitrogen and oxygen atoms in total. The van der Waals surface area contributed by atoms with Crippen LogP contribution in [-0.2, 0) is 22.5 Å². The maximum absolute atomic E-state index is 12.9. The molecule has 2 aromatic rings. The Morgan fingerprint density at radius 1 is 1.44 bits per heavy atom. The Labute approximate surface area is 152 Å². The van der Waals surface area contributed by atoms with E-state index in [1.54, 1.807) is 23.7 Å². The maximum Gasteiger partial charge on any atom is 0.242 e. The van der Waals surface area contributed by atoms with Crippen molar-refractivity contribution in [3.05, 3.63) is 46.2 Å². The maximum atomic E-state index is 12.9. The average molecular weight is 360 g/mol. The first-order valence-electron chi connectivity index (χ1n) is 8.70. The van der Waals surface area contributed by atoms with E-state index >= 15 is 0 Å². The van der Waals surface area contributed by atoms with Crippen LogP contribution < -0.4 is 5.32 Å². The Morgan fingerprint density at radius 3 is 3.00 bits per heavy atom. The monoisotopic (exact) mass is 360 g/mol. The smallest absolute Gasteiger partial charge is 0.242 e. The summed E-state index contributed by atoms with van der Waals surface area (Å²) >= 11 is 1.66. The summed E-state index contributed by atoms with van der Waals surface area (Å²) in [6.07, 6.45) is 5.56. The molecule has 1 atom stereocenters. The molecule has 0 saturated carbocycles. The fraction of sp³-hybridized carbons (Fsp3) is 0.500. The first-order chi connectivity index (χ1) is 12.3. The van der Waals surface area contributed by atoms with Gasteiger partial charge in [-0.05, 0) is 24.5 Å². The van der Waals surface area contributed by atoms with Crippen LogP contribution in [-0.4, -0.2) is 47.1 Å². The zero-order valence-corrected chi connectivity index (χ0v) is 15.3. The normalized spacial score (nSPS) is 16.5. The molecular weight excluding hydrogens is 336 g/mol. The van der Waals surface area contributed by atoms with Crippen LogP contribution in [0.25, 0.3) is 0 Å². The summed E-state index contributed by atoms with van der Waals surface area (Å²) in [6.45, 7) is 5.38. The Kier molecular flexibility index (Phi) is 6.49. The van der Waals surface area contributed by atoms with Gasteiger partial charge in [0.1, 0.15) is 6.04 Å². The van der Waals surface area contributed by atoms with Crippen LogP contribution in [0.2, 0.25) is 0 Å². The number of hydrogen-bond acceptors (Lipinski definition) is 6. The van der Waals surface area contributed by atoms with Gasteiger partial charge in [0.2, 0.25) is 5.91 Å². The van der Waals surface area contributed by atoms with Crippen LogP contribution in [0.4, 0.5) is 0 Å². The molecule has 7 heteroatoms. The van der Waals surface area contributed by atoms with Crippen molar-refractivity contribution in [1.82, 2.24) is 20.2 Å². The van der Waals surface area contributed by atoms with Crippen molar-refractivity contribution in [1.29, 1.82) is 0 Å². The van der Waals surface area contributed by atoms with Gasteiger partial charge >= 0.3 is 0 Å². The van der Waals surface area contributed by atoms with Crippen molar-refractivity contribution in [2.75, 3.05) is 26.3 Å². The zero-order valence-electron chi connectivity index (χ0n) is 14.5. The second-order valence-electron chi connectivity index (χ2n) is 6.04. The third-order valence-corrected chi connectivity index (χ3v) is 5.12. The van der Waals surface area contributed by atoms with E-state index in [0.717, 1.165) is 42.2 Å². The molecule has 134 valence electrons. The van der Waals surface area contributed by atoms with E-state index in [1.807, 2.05) is 17.5 Å². The van der Waals surface area contributed by atoms with Gasteiger partial charge in [0.05, 0.1) is 30.5 Å². The number of pyridine rings is 1. The molecule has 1 saturated heterocycles. The molecule has 1 amide bonds. The molecule has 0 spiro atoms. The van der Waals surface area contributed by atoms with E-state index in [2.05, 4.69) is 27.1 Å². The van der Waals surface area contributed by atoms with E-state index in [4.69, 9.17) is 4.74 Å². The third kappa shape index (κ3) is 4.84. The lowest BCUT2D eigenvalue weighted by molar-refractivity contribution is -0.128. The minimum atomic E-state index is -0.341. The number of ether oxygens (including phenoxy) is 1. The molecule has 0 aliphatic carbocycles. The largest absolute Gasteiger partial charge is 0.379 e. The Balaban J connectivity index is 1.67. The Morgan fingerprint density at radius 2 is 2.28 bits per heavy atom. The summed E-state index contributed by atoms with van der Waals surface area (Å²) < 4.78 is 5.42. The summed E-state index contributed by atoms with van der Waals surface area (Å²) in [4.78, 5) is 23.8. The topological polar surface area (TPSA) is 67.4 Å². The van der Waals surface area contributed by atoms with Gasteiger partial charge in [0, 0.05) is 30.9 Å². The highest BCUT2D eigenvalue weighted by atomic mass is 32.1. The quantitative estimate of drug-likeness (QED) is 0.820. The van der Waals surface area contributed by atoms with Crippen molar-refractivity contribution in [2.24, 2.45) is 0 Å². The summed E-state index contributed by atoms with van der Waals surface area (Å²) in [5, 5.41) is 6.20. The number of morpholine rings is 1. The highest BCUT2D eigenvalue weighted by Crippen LogP contribution is 2.21. The molecule has 0 aromatic carbocycles. The number of aromatic nitrogens is 2. The van der Waals surface area contributed by atoms with Gasteiger partial charge in [0.25, 0.3) is 0 Å². The molecule has 0 unspecified atom stereocenters. The van der Waals surface area contributed by atoms with Gasteiger partial charge in [-0.3, -0.25) is 14.7 Å². The molecule has 3 heterocycles. The Bertz CT molecular complexity index is 671. The lowest BCUT2D eigenvalue weighted by Crippen LogP contribution is -2.45. The molecule has 1 N–H and O–H groups in total. The molecule has 0 bridgehead atoms. The number of nitrogens with one attached hydrogen (secondary N) is 1. The summed E-state index contributed by atoms with van der Waals surface area (Å²) in [5.41, 5.74) is 1.83. The van der Waals surface area contributed by atoms with Gasteiger partial charge in [-0.2, -0.15) is 0 Å². The fourth-order valence-electron chi connectivity index (χ4n) is 2.93. The molecule has 1 fully saturated rings. The van der Waals surface area contributed by atoms with Crippen molar-refractivity contribution < 1.29 is 9.53 Å². The second kappa shape index (κ2) is 9.03. The lowest BCUT2D eigenvalue weighted by Gasteiger charge is -2.33. The molecule has 2 aromatic heterocycles. The van der Waals surface area contributed by atoms with Crippen molar-refractivity contribution >= 4 is 17.2 Å². The minimum Gasteiger partial charge on any atom is -0.379 e. The number of carbonyl (C=O) groups is 1. The zero-order chi connectivity index (χ0) is 17.5. The van der Waals surface area contributed by atoms with Crippen molar-refractivity contribution in [3.8, 4) is 0 Å². The minimum absolute atomic E-state index is 0.0139. The van der Waals surface area contributed by atoms with Gasteiger partial charge in [-0.15, -0.1) is 11.3 Å². The van der Waals surface area contributed by atoms with Gasteiger partial charge < -0.3 is 10.1 Å². The van der Waals surface area contributed by atoms with Crippen molar-refractivity contribution in [3.63, 3.8) is 0 Å². The molecule has 25 heavy (non-hydrogen) atoms. The second-order valence-corrected chi connectivity index (χ2v) is 6.98. The number of thiazole rings is 1. The van der Waals surface area contributed by atoms with E-state index < -0.39 is 0 Å². The van der Waals surface area contributed by atoms with Gasteiger partial charge in [-0.1, -0.05) is 13.0 Å². The first kappa shape index (κ1) is 18.0. The fourth-order valence-corrected chi connectivity index (χ4v) is 3.83. The molecular formula is C18H24N4O2S.